The van der Waals surface area contributed by atoms with Gasteiger partial charge in [0.25, 0.3) is 0 Å². The van der Waals surface area contributed by atoms with Crippen molar-refractivity contribution >= 4 is 21.1 Å². The average Bonchev–Trinajstić information content (AvgIpc) is 3.33. The number of unbranched alkanes of at least 4 members (excludes halogenated alkanes) is 1. The third kappa shape index (κ3) is 4.64. The number of hydrogen-bond donors (Lipinski definition) is 1. The lowest BCUT2D eigenvalue weighted by molar-refractivity contribution is 0.238. The van der Waals surface area contributed by atoms with E-state index in [2.05, 4.69) is 28.5 Å². The predicted octanol–water partition coefficient (Wildman–Crippen LogP) is 3.98. The van der Waals surface area contributed by atoms with Crippen LogP contribution < -0.4 is 14.6 Å². The second-order valence-corrected chi connectivity index (χ2v) is 10.7. The molecule has 1 saturated heterocycles. The molecule has 1 atom stereocenters. The SMILES string of the molecule is CCCCn1c(CN2CCC[C@@H]2c2ccc3c(c2)OCCCO3)nc2cc(S(N)(=O)=O)ccc21. The standard InChI is InChI=1S/C25H32N4O4S/c1-2-3-12-29-22-9-8-19(34(26,30)31)16-20(22)27-25(29)17-28-11-4-6-21(28)18-7-10-23-24(15-18)33-14-5-13-32-23/h7-10,15-16,21H,2-6,11-14,17H2,1H3,(H2,26,30,31)/t21-/m1/s1. The third-order valence-electron chi connectivity index (χ3n) is 6.73. The van der Waals surface area contributed by atoms with E-state index in [4.69, 9.17) is 19.6 Å². The lowest BCUT2D eigenvalue weighted by Gasteiger charge is -2.25. The van der Waals surface area contributed by atoms with Gasteiger partial charge in [0, 0.05) is 19.0 Å². The number of likely N-dealkylation sites (tertiary alicyclic amines) is 1. The first-order chi connectivity index (χ1) is 16.4. The smallest absolute Gasteiger partial charge is 0.238 e. The first-order valence-corrected chi connectivity index (χ1v) is 13.6. The van der Waals surface area contributed by atoms with Gasteiger partial charge < -0.3 is 14.0 Å². The maximum atomic E-state index is 11.9. The van der Waals surface area contributed by atoms with Gasteiger partial charge in [0.1, 0.15) is 5.82 Å². The minimum atomic E-state index is -3.77. The molecule has 3 heterocycles. The van der Waals surface area contributed by atoms with Gasteiger partial charge in [0.15, 0.2) is 11.5 Å². The van der Waals surface area contributed by atoms with E-state index in [1.54, 1.807) is 12.1 Å². The van der Waals surface area contributed by atoms with Gasteiger partial charge >= 0.3 is 0 Å². The van der Waals surface area contributed by atoms with E-state index in [1.165, 1.54) is 5.56 Å². The monoisotopic (exact) mass is 484 g/mol. The summed E-state index contributed by atoms with van der Waals surface area (Å²) < 4.78 is 37.7. The van der Waals surface area contributed by atoms with Crippen LogP contribution in [0.3, 0.4) is 0 Å². The molecule has 0 aliphatic carbocycles. The molecule has 1 fully saturated rings. The summed E-state index contributed by atoms with van der Waals surface area (Å²) in [6.45, 7) is 6.05. The molecule has 0 saturated carbocycles. The van der Waals surface area contributed by atoms with Crippen LogP contribution in [0.2, 0.25) is 0 Å². The molecule has 0 radical (unpaired) electrons. The number of aromatic nitrogens is 2. The zero-order valence-corrected chi connectivity index (χ0v) is 20.4. The largest absolute Gasteiger partial charge is 0.490 e. The Hall–Kier alpha value is -2.62. The molecule has 2 aromatic carbocycles. The predicted molar refractivity (Wildman–Crippen MR) is 130 cm³/mol. The van der Waals surface area contributed by atoms with Crippen LogP contribution in [0.15, 0.2) is 41.3 Å². The molecule has 9 heteroatoms. The molecule has 2 N–H and O–H groups in total. The van der Waals surface area contributed by atoms with E-state index in [-0.39, 0.29) is 10.9 Å². The van der Waals surface area contributed by atoms with Crippen LogP contribution >= 0.6 is 0 Å². The summed E-state index contributed by atoms with van der Waals surface area (Å²) in [5.74, 6) is 2.60. The molecular formula is C25H32N4O4S. The molecule has 0 bridgehead atoms. The molecule has 182 valence electrons. The topological polar surface area (TPSA) is 99.7 Å². The number of primary sulfonamides is 1. The van der Waals surface area contributed by atoms with Crippen molar-refractivity contribution in [1.82, 2.24) is 14.5 Å². The summed E-state index contributed by atoms with van der Waals surface area (Å²) >= 11 is 0. The highest BCUT2D eigenvalue weighted by atomic mass is 32.2. The van der Waals surface area contributed by atoms with Crippen molar-refractivity contribution in [2.75, 3.05) is 19.8 Å². The fourth-order valence-electron chi connectivity index (χ4n) is 4.98. The van der Waals surface area contributed by atoms with Crippen molar-refractivity contribution in [2.24, 2.45) is 5.14 Å². The first-order valence-electron chi connectivity index (χ1n) is 12.1. The summed E-state index contributed by atoms with van der Waals surface area (Å²) in [7, 11) is -3.77. The van der Waals surface area contributed by atoms with Gasteiger partial charge in [0.2, 0.25) is 10.0 Å². The molecule has 2 aliphatic rings. The van der Waals surface area contributed by atoms with E-state index < -0.39 is 10.0 Å². The van der Waals surface area contributed by atoms with Gasteiger partial charge in [0.05, 0.1) is 35.7 Å². The Morgan fingerprint density at radius 1 is 1.09 bits per heavy atom. The van der Waals surface area contributed by atoms with Gasteiger partial charge in [-0.3, -0.25) is 4.90 Å². The summed E-state index contributed by atoms with van der Waals surface area (Å²) in [5.41, 5.74) is 2.85. The molecule has 0 amide bonds. The summed E-state index contributed by atoms with van der Waals surface area (Å²) in [6, 6.07) is 11.6. The Kier molecular flexibility index (Phi) is 6.50. The number of rotatable bonds is 7. The van der Waals surface area contributed by atoms with Crippen LogP contribution in [0.1, 0.15) is 56.5 Å². The van der Waals surface area contributed by atoms with E-state index in [9.17, 15) is 8.42 Å². The minimum Gasteiger partial charge on any atom is -0.490 e. The Morgan fingerprint density at radius 3 is 2.71 bits per heavy atom. The summed E-state index contributed by atoms with van der Waals surface area (Å²) in [6.07, 6.45) is 5.17. The summed E-state index contributed by atoms with van der Waals surface area (Å²) in [5, 5.41) is 5.36. The van der Waals surface area contributed by atoms with Crippen LogP contribution in [-0.2, 0) is 23.1 Å². The summed E-state index contributed by atoms with van der Waals surface area (Å²) in [4.78, 5) is 7.43. The van der Waals surface area contributed by atoms with Gasteiger partial charge in [-0.05, 0) is 61.7 Å². The molecule has 0 unspecified atom stereocenters. The van der Waals surface area contributed by atoms with E-state index in [0.717, 1.165) is 68.0 Å². The van der Waals surface area contributed by atoms with Crippen molar-refractivity contribution in [2.45, 2.75) is 63.1 Å². The van der Waals surface area contributed by atoms with Crippen LogP contribution in [0.25, 0.3) is 11.0 Å². The van der Waals surface area contributed by atoms with Gasteiger partial charge in [-0.2, -0.15) is 0 Å². The Balaban J connectivity index is 1.46. The lowest BCUT2D eigenvalue weighted by Crippen LogP contribution is -2.25. The number of imidazole rings is 1. The lowest BCUT2D eigenvalue weighted by atomic mass is 10.0. The zero-order chi connectivity index (χ0) is 23.7. The number of nitrogens with zero attached hydrogens (tertiary/aromatic N) is 3. The van der Waals surface area contributed by atoms with E-state index >= 15 is 0 Å². The van der Waals surface area contributed by atoms with E-state index in [0.29, 0.717) is 25.3 Å². The highest BCUT2D eigenvalue weighted by molar-refractivity contribution is 7.89. The maximum absolute atomic E-state index is 11.9. The number of fused-ring (bicyclic) bond motifs is 2. The molecule has 0 spiro atoms. The molecule has 8 nitrogen and oxygen atoms in total. The average molecular weight is 485 g/mol. The molecule has 3 aromatic rings. The number of hydrogen-bond acceptors (Lipinski definition) is 6. The molecule has 34 heavy (non-hydrogen) atoms. The number of aryl methyl sites for hydroxylation is 1. The number of sulfonamides is 1. The maximum Gasteiger partial charge on any atom is 0.238 e. The normalized spacial score (nSPS) is 18.9. The second kappa shape index (κ2) is 9.56. The molecule has 2 aliphatic heterocycles. The number of nitrogens with two attached hydrogens (primary N) is 1. The van der Waals surface area contributed by atoms with Crippen LogP contribution in [-0.4, -0.2) is 42.6 Å². The quantitative estimate of drug-likeness (QED) is 0.545. The van der Waals surface area contributed by atoms with Crippen LogP contribution in [0.5, 0.6) is 11.5 Å². The fraction of sp³-hybridized carbons (Fsp3) is 0.480. The van der Waals surface area contributed by atoms with Crippen LogP contribution in [0, 0.1) is 0 Å². The Bertz CT molecular complexity index is 1290. The van der Waals surface area contributed by atoms with Crippen molar-refractivity contribution in [3.8, 4) is 11.5 Å². The van der Waals surface area contributed by atoms with E-state index in [1.807, 2.05) is 12.1 Å². The minimum absolute atomic E-state index is 0.0953. The highest BCUT2D eigenvalue weighted by Crippen LogP contribution is 2.38. The molecular weight excluding hydrogens is 452 g/mol. The Labute approximate surface area is 200 Å². The van der Waals surface area contributed by atoms with Crippen LogP contribution in [0.4, 0.5) is 0 Å². The first kappa shape index (κ1) is 23.1. The Morgan fingerprint density at radius 2 is 1.91 bits per heavy atom. The van der Waals surface area contributed by atoms with Crippen molar-refractivity contribution in [3.63, 3.8) is 0 Å². The zero-order valence-electron chi connectivity index (χ0n) is 19.6. The van der Waals surface area contributed by atoms with Crippen molar-refractivity contribution in [3.05, 3.63) is 47.8 Å². The molecule has 5 rings (SSSR count). The second-order valence-electron chi connectivity index (χ2n) is 9.11. The number of ether oxygens (including phenoxy) is 2. The third-order valence-corrected chi connectivity index (χ3v) is 7.64. The van der Waals surface area contributed by atoms with Crippen molar-refractivity contribution in [1.29, 1.82) is 0 Å². The van der Waals surface area contributed by atoms with Gasteiger partial charge in [-0.25, -0.2) is 18.5 Å². The fourth-order valence-corrected chi connectivity index (χ4v) is 5.52. The number of benzene rings is 2. The van der Waals surface area contributed by atoms with Crippen molar-refractivity contribution < 1.29 is 17.9 Å². The highest BCUT2D eigenvalue weighted by Gasteiger charge is 2.29. The van der Waals surface area contributed by atoms with Gasteiger partial charge in [-0.15, -0.1) is 0 Å². The van der Waals surface area contributed by atoms with Gasteiger partial charge in [-0.1, -0.05) is 19.4 Å². The molecule has 1 aromatic heterocycles.